The molecule has 1 nitrogen and oxygen atoms in total. The van der Waals surface area contributed by atoms with Gasteiger partial charge in [-0.2, -0.15) is 0 Å². The maximum atomic E-state index is 2.72. The summed E-state index contributed by atoms with van der Waals surface area (Å²) in [7, 11) is 0. The molecule has 1 heteroatoms. The smallest absolute Gasteiger partial charge is 0.0665 e. The van der Waals surface area contributed by atoms with E-state index in [1.54, 1.807) is 0 Å². The Kier molecular flexibility index (Phi) is 5.75. The van der Waals surface area contributed by atoms with E-state index in [1.807, 2.05) is 0 Å². The fraction of sp³-hybridized carbons (Fsp3) is 0.277. The molecule has 2 aliphatic heterocycles. The fourth-order valence-electron chi connectivity index (χ4n) is 9.99. The van der Waals surface area contributed by atoms with Crippen LogP contribution in [0.15, 0.2) is 109 Å². The molecule has 236 valence electrons. The Balaban J connectivity index is 1.21. The van der Waals surface area contributed by atoms with Crippen molar-refractivity contribution in [1.29, 1.82) is 0 Å². The summed E-state index contributed by atoms with van der Waals surface area (Å²) in [6.45, 7) is 14.1. The number of hydrogen-bond donors (Lipinski definition) is 0. The molecule has 6 aromatic rings. The van der Waals surface area contributed by atoms with Gasteiger partial charge in [-0.05, 0) is 114 Å². The minimum absolute atomic E-state index is 0.0298. The average Bonchev–Trinajstić information content (AvgIpc) is 3.67. The second kappa shape index (κ2) is 9.73. The quantitative estimate of drug-likeness (QED) is 0.190. The maximum Gasteiger partial charge on any atom is 0.0665 e. The van der Waals surface area contributed by atoms with E-state index in [1.165, 1.54) is 88.6 Å². The fourth-order valence-corrected chi connectivity index (χ4v) is 9.99. The number of rotatable bonds is 3. The van der Waals surface area contributed by atoms with Gasteiger partial charge in [0.2, 0.25) is 0 Å². The predicted molar refractivity (Wildman–Crippen MR) is 204 cm³/mol. The molecule has 2 aliphatic carbocycles. The topological polar surface area (TPSA) is 3.24 Å². The lowest BCUT2D eigenvalue weighted by Gasteiger charge is -2.34. The van der Waals surface area contributed by atoms with Gasteiger partial charge in [-0.25, -0.2) is 0 Å². The Hall–Kier alpha value is -4.62. The summed E-state index contributed by atoms with van der Waals surface area (Å²) in [6, 6.07) is 40.8. The molecule has 4 aliphatic rings. The van der Waals surface area contributed by atoms with Gasteiger partial charge in [-0.3, -0.25) is 0 Å². The van der Waals surface area contributed by atoms with E-state index in [9.17, 15) is 0 Å². The van der Waals surface area contributed by atoms with Crippen molar-refractivity contribution < 1.29 is 0 Å². The van der Waals surface area contributed by atoms with Crippen molar-refractivity contribution in [3.8, 4) is 11.1 Å². The molecule has 0 amide bonds. The van der Waals surface area contributed by atoms with Crippen molar-refractivity contribution in [2.45, 2.75) is 83.1 Å². The third-order valence-electron chi connectivity index (χ3n) is 12.4. The number of fused-ring (bicyclic) bond motifs is 11. The molecular formula is C47H43N. The number of anilines is 2. The maximum absolute atomic E-state index is 2.72. The molecule has 0 radical (unpaired) electrons. The first-order valence-electron chi connectivity index (χ1n) is 18.1. The van der Waals surface area contributed by atoms with Crippen LogP contribution < -0.4 is 4.90 Å². The summed E-state index contributed by atoms with van der Waals surface area (Å²) in [6.07, 6.45) is 3.82. The zero-order valence-electron chi connectivity index (χ0n) is 28.9. The van der Waals surface area contributed by atoms with Crippen molar-refractivity contribution in [3.63, 3.8) is 0 Å². The van der Waals surface area contributed by atoms with Gasteiger partial charge in [0.05, 0.1) is 6.04 Å². The second-order valence-electron chi connectivity index (χ2n) is 16.1. The van der Waals surface area contributed by atoms with Crippen LogP contribution in [-0.4, -0.2) is 6.04 Å². The van der Waals surface area contributed by atoms with E-state index in [0.29, 0.717) is 29.7 Å². The van der Waals surface area contributed by atoms with Crippen LogP contribution in [0.4, 0.5) is 11.4 Å². The van der Waals surface area contributed by atoms with E-state index in [2.05, 4.69) is 156 Å². The van der Waals surface area contributed by atoms with E-state index < -0.39 is 0 Å². The van der Waals surface area contributed by atoms with E-state index >= 15 is 0 Å². The van der Waals surface area contributed by atoms with E-state index in [0.717, 1.165) is 6.42 Å². The number of benzene rings is 6. The Bertz CT molecular complexity index is 2380. The lowest BCUT2D eigenvalue weighted by molar-refractivity contribution is 0.542. The monoisotopic (exact) mass is 621 g/mol. The van der Waals surface area contributed by atoms with E-state index in [4.69, 9.17) is 0 Å². The van der Waals surface area contributed by atoms with Crippen LogP contribution in [0.3, 0.4) is 0 Å². The molecule has 48 heavy (non-hydrogen) atoms. The first kappa shape index (κ1) is 28.4. The van der Waals surface area contributed by atoms with Crippen LogP contribution in [0.5, 0.6) is 0 Å². The predicted octanol–water partition coefficient (Wildman–Crippen LogP) is 12.7. The van der Waals surface area contributed by atoms with Crippen LogP contribution in [0.1, 0.15) is 111 Å². The molecular weight excluding hydrogens is 579 g/mol. The Morgan fingerprint density at radius 3 is 2.00 bits per heavy atom. The lowest BCUT2D eigenvalue weighted by Crippen LogP contribution is -2.30. The highest BCUT2D eigenvalue weighted by molar-refractivity contribution is 6.04. The first-order chi connectivity index (χ1) is 23.2. The highest BCUT2D eigenvalue weighted by Crippen LogP contribution is 2.63. The molecule has 0 N–H and O–H groups in total. The van der Waals surface area contributed by atoms with Crippen LogP contribution in [-0.2, 0) is 5.41 Å². The van der Waals surface area contributed by atoms with Crippen LogP contribution >= 0.6 is 0 Å². The van der Waals surface area contributed by atoms with Crippen LogP contribution in [0, 0.1) is 0 Å². The summed E-state index contributed by atoms with van der Waals surface area (Å²) in [5.74, 6) is 1.81. The highest BCUT2D eigenvalue weighted by Gasteiger charge is 2.51. The van der Waals surface area contributed by atoms with Crippen LogP contribution in [0.2, 0.25) is 0 Å². The standard InChI is InChI=1S/C47H43N/c1-26(2)28-14-16-30-24-43-38(20-32(30)18-28)40-22-34(35-11-9-12-37-36-10-7-8-13-42(36)47(5,6)45(35)37)23-41-39-21-33-19-29(27(3)4)15-17-31(33)25-44(39)48(43)46(40)41/h7-22,24-27,34,41,46H,23H2,1-6H3. The molecule has 10 rings (SSSR count). The van der Waals surface area contributed by atoms with Crippen molar-refractivity contribution in [2.75, 3.05) is 4.90 Å². The van der Waals surface area contributed by atoms with Gasteiger partial charge in [-0.1, -0.05) is 126 Å². The molecule has 2 heterocycles. The summed E-state index contributed by atoms with van der Waals surface area (Å²) < 4.78 is 0. The summed E-state index contributed by atoms with van der Waals surface area (Å²) >= 11 is 0. The van der Waals surface area contributed by atoms with E-state index in [-0.39, 0.29) is 5.41 Å². The number of nitrogens with zero attached hydrogens (tertiary/aromatic N) is 1. The Morgan fingerprint density at radius 2 is 1.27 bits per heavy atom. The van der Waals surface area contributed by atoms with Crippen molar-refractivity contribution in [3.05, 3.63) is 148 Å². The van der Waals surface area contributed by atoms with Gasteiger partial charge in [0.25, 0.3) is 0 Å². The minimum atomic E-state index is -0.0298. The third-order valence-corrected chi connectivity index (χ3v) is 12.4. The zero-order valence-corrected chi connectivity index (χ0v) is 28.9. The molecule has 0 saturated carbocycles. The van der Waals surface area contributed by atoms with Gasteiger partial charge in [-0.15, -0.1) is 0 Å². The van der Waals surface area contributed by atoms with Gasteiger partial charge in [0, 0.05) is 34.2 Å². The highest BCUT2D eigenvalue weighted by atomic mass is 15.2. The average molecular weight is 622 g/mol. The lowest BCUT2D eigenvalue weighted by atomic mass is 9.70. The van der Waals surface area contributed by atoms with Crippen molar-refractivity contribution in [2.24, 2.45) is 0 Å². The van der Waals surface area contributed by atoms with Gasteiger partial charge >= 0.3 is 0 Å². The summed E-state index contributed by atoms with van der Waals surface area (Å²) in [5.41, 5.74) is 17.4. The van der Waals surface area contributed by atoms with Crippen molar-refractivity contribution >= 4 is 38.5 Å². The third kappa shape index (κ3) is 3.74. The number of allylic oxidation sites excluding steroid dienone is 1. The Labute approximate surface area is 284 Å². The molecule has 6 aromatic carbocycles. The molecule has 3 atom stereocenters. The normalized spacial score (nSPS) is 21.0. The Morgan fingerprint density at radius 1 is 0.604 bits per heavy atom. The summed E-state index contributed by atoms with van der Waals surface area (Å²) in [5, 5.41) is 5.42. The summed E-state index contributed by atoms with van der Waals surface area (Å²) in [4.78, 5) is 2.72. The minimum Gasteiger partial charge on any atom is -0.332 e. The SMILES string of the molecule is CC(C)c1ccc2cc3c(cc2c1)C1=CC(c2cccc4c2C(C)(C)c2ccccc2-4)CC2c4cc5cc(C(C)C)ccc5cc4N3C12. The van der Waals surface area contributed by atoms with Crippen LogP contribution in [0.25, 0.3) is 38.2 Å². The molecule has 0 spiro atoms. The van der Waals surface area contributed by atoms with Crippen molar-refractivity contribution in [1.82, 2.24) is 0 Å². The molecule has 3 unspecified atom stereocenters. The first-order valence-corrected chi connectivity index (χ1v) is 18.1. The molecule has 0 fully saturated rings. The zero-order chi connectivity index (χ0) is 32.6. The van der Waals surface area contributed by atoms with Gasteiger partial charge in [0.1, 0.15) is 0 Å². The van der Waals surface area contributed by atoms with Gasteiger partial charge < -0.3 is 4.90 Å². The van der Waals surface area contributed by atoms with Gasteiger partial charge in [0.15, 0.2) is 0 Å². The second-order valence-corrected chi connectivity index (χ2v) is 16.1. The number of hydrogen-bond acceptors (Lipinski definition) is 1. The molecule has 0 saturated heterocycles. The molecule has 0 aromatic heterocycles. The molecule has 0 bridgehead atoms. The largest absolute Gasteiger partial charge is 0.332 e.